The van der Waals surface area contributed by atoms with Crippen LogP contribution in [0.2, 0.25) is 0 Å². The van der Waals surface area contributed by atoms with Crippen molar-refractivity contribution in [3.63, 3.8) is 0 Å². The van der Waals surface area contributed by atoms with E-state index in [1.165, 1.54) is 12.8 Å². The molecule has 1 heterocycles. The number of carbonyl (C=O) groups excluding carboxylic acids is 1. The number of aromatic nitrogens is 2. The Balaban J connectivity index is 1.91. The van der Waals surface area contributed by atoms with E-state index in [1.54, 1.807) is 17.7 Å². The van der Waals surface area contributed by atoms with Gasteiger partial charge >= 0.3 is 0 Å². The van der Waals surface area contributed by atoms with Gasteiger partial charge in [-0.25, -0.2) is 4.98 Å². The Morgan fingerprint density at radius 3 is 2.69 bits per heavy atom. The molecule has 5 nitrogen and oxygen atoms in total. The van der Waals surface area contributed by atoms with Gasteiger partial charge in [-0.2, -0.15) is 0 Å². The lowest BCUT2D eigenvalue weighted by atomic mass is 10.1. The molecule has 1 unspecified atom stereocenters. The van der Waals surface area contributed by atoms with E-state index in [4.69, 9.17) is 4.98 Å². The van der Waals surface area contributed by atoms with Crippen molar-refractivity contribution in [2.45, 2.75) is 58.4 Å². The van der Waals surface area contributed by atoms with E-state index < -0.39 is 0 Å². The van der Waals surface area contributed by atoms with E-state index in [0.717, 1.165) is 32.2 Å². The van der Waals surface area contributed by atoms with Crippen LogP contribution in [0.3, 0.4) is 0 Å². The second-order valence-corrected chi connectivity index (χ2v) is 7.39. The molecule has 0 aliphatic heterocycles. The average molecular weight is 355 g/mol. The molecule has 1 aliphatic carbocycles. The molecule has 3 rings (SSSR count). The van der Waals surface area contributed by atoms with Crippen LogP contribution in [0.1, 0.15) is 64.2 Å². The van der Waals surface area contributed by atoms with Gasteiger partial charge in [0.25, 0.3) is 5.56 Å². The normalized spacial score (nSPS) is 15.2. The minimum absolute atomic E-state index is 0.0535. The first-order valence-corrected chi connectivity index (χ1v) is 9.80. The summed E-state index contributed by atoms with van der Waals surface area (Å²) < 4.78 is 1.60. The van der Waals surface area contributed by atoms with Gasteiger partial charge in [0.15, 0.2) is 0 Å². The Kier molecular flexibility index (Phi) is 5.74. The second kappa shape index (κ2) is 8.02. The molecule has 1 amide bonds. The fraction of sp³-hybridized carbons (Fsp3) is 0.571. The molecule has 0 radical (unpaired) electrons. The van der Waals surface area contributed by atoms with Gasteiger partial charge in [0.2, 0.25) is 5.91 Å². The van der Waals surface area contributed by atoms with Crippen LogP contribution in [0, 0.1) is 5.92 Å². The maximum Gasteiger partial charge on any atom is 0.261 e. The maximum atomic E-state index is 12.9. The highest BCUT2D eigenvalue weighted by molar-refractivity contribution is 5.81. The molecule has 140 valence electrons. The Bertz CT molecular complexity index is 839. The summed E-state index contributed by atoms with van der Waals surface area (Å²) >= 11 is 0. The molecular formula is C21H29N3O2. The van der Waals surface area contributed by atoms with Crippen LogP contribution in [0.15, 0.2) is 29.1 Å². The highest BCUT2D eigenvalue weighted by Gasteiger charge is 2.36. The zero-order valence-corrected chi connectivity index (χ0v) is 16.1. The van der Waals surface area contributed by atoms with E-state index in [0.29, 0.717) is 16.7 Å². The summed E-state index contributed by atoms with van der Waals surface area (Å²) in [4.78, 5) is 32.2. The number of fused-ring (bicyclic) bond motifs is 1. The number of carbonyl (C=O) groups is 1. The van der Waals surface area contributed by atoms with Crippen LogP contribution in [-0.2, 0) is 11.8 Å². The second-order valence-electron chi connectivity index (χ2n) is 7.39. The molecule has 1 aliphatic rings. The third kappa shape index (κ3) is 3.81. The average Bonchev–Trinajstić information content (AvgIpc) is 3.49. The monoisotopic (exact) mass is 355 g/mol. The summed E-state index contributed by atoms with van der Waals surface area (Å²) in [5.41, 5.74) is 0.643. The minimum atomic E-state index is -0.202. The summed E-state index contributed by atoms with van der Waals surface area (Å²) in [5, 5.41) is 0.619. The number of unbranched alkanes of at least 4 members (excludes halogenated alkanes) is 3. The molecule has 2 aromatic rings. The Morgan fingerprint density at radius 2 is 2.00 bits per heavy atom. The zero-order chi connectivity index (χ0) is 18.7. The molecule has 1 atom stereocenters. The number of para-hydroxylation sites is 1. The number of hydrogen-bond acceptors (Lipinski definition) is 3. The first kappa shape index (κ1) is 18.6. The lowest BCUT2D eigenvalue weighted by Gasteiger charge is -2.30. The van der Waals surface area contributed by atoms with Crippen molar-refractivity contribution in [1.29, 1.82) is 0 Å². The standard InChI is InChI=1S/C21H29N3O2/c1-4-5-6-9-14-24(20(25)16-12-13-16)15(2)19-22-18-11-8-7-10-17(18)21(26)23(19)3/h7-8,10-11,15-16H,4-6,9,12-14H2,1-3H3. The van der Waals surface area contributed by atoms with Crippen molar-refractivity contribution in [1.82, 2.24) is 14.5 Å². The third-order valence-electron chi connectivity index (χ3n) is 5.32. The van der Waals surface area contributed by atoms with E-state index in [2.05, 4.69) is 6.92 Å². The van der Waals surface area contributed by atoms with Crippen molar-refractivity contribution in [3.8, 4) is 0 Å². The van der Waals surface area contributed by atoms with Crippen LogP contribution in [0.25, 0.3) is 10.9 Å². The van der Waals surface area contributed by atoms with Crippen LogP contribution in [0.5, 0.6) is 0 Å². The van der Waals surface area contributed by atoms with Crippen LogP contribution < -0.4 is 5.56 Å². The molecule has 1 fully saturated rings. The van der Waals surface area contributed by atoms with Crippen LogP contribution >= 0.6 is 0 Å². The lowest BCUT2D eigenvalue weighted by Crippen LogP contribution is -2.38. The summed E-state index contributed by atoms with van der Waals surface area (Å²) in [6, 6.07) is 7.21. The SMILES string of the molecule is CCCCCCN(C(=O)C1CC1)C(C)c1nc2ccccc2c(=O)n1C. The molecule has 5 heteroatoms. The molecule has 1 aromatic heterocycles. The lowest BCUT2D eigenvalue weighted by molar-refractivity contribution is -0.135. The van der Waals surface area contributed by atoms with Crippen LogP contribution in [-0.4, -0.2) is 26.9 Å². The van der Waals surface area contributed by atoms with Gasteiger partial charge in [-0.05, 0) is 38.3 Å². The van der Waals surface area contributed by atoms with E-state index in [-0.39, 0.29) is 23.4 Å². The molecule has 0 bridgehead atoms. The van der Waals surface area contributed by atoms with Gasteiger partial charge in [-0.1, -0.05) is 38.3 Å². The molecule has 26 heavy (non-hydrogen) atoms. The Labute approximate surface area is 155 Å². The number of benzene rings is 1. The minimum Gasteiger partial charge on any atom is -0.333 e. The number of nitrogens with zero attached hydrogens (tertiary/aromatic N) is 3. The van der Waals surface area contributed by atoms with Gasteiger partial charge in [0.05, 0.1) is 16.9 Å². The fourth-order valence-electron chi connectivity index (χ4n) is 3.52. The molecule has 1 saturated carbocycles. The summed E-state index contributed by atoms with van der Waals surface area (Å²) in [7, 11) is 1.75. The molecule has 0 saturated heterocycles. The number of rotatable bonds is 8. The number of amides is 1. The fourth-order valence-corrected chi connectivity index (χ4v) is 3.52. The predicted molar refractivity (Wildman–Crippen MR) is 104 cm³/mol. The van der Waals surface area contributed by atoms with E-state index >= 15 is 0 Å². The molecule has 0 N–H and O–H groups in total. The van der Waals surface area contributed by atoms with Gasteiger partial charge < -0.3 is 4.90 Å². The van der Waals surface area contributed by atoms with E-state index in [9.17, 15) is 9.59 Å². The predicted octanol–water partition coefficient (Wildman–Crippen LogP) is 3.81. The summed E-state index contributed by atoms with van der Waals surface area (Å²) in [6.45, 7) is 4.92. The van der Waals surface area contributed by atoms with Crippen molar-refractivity contribution >= 4 is 16.8 Å². The Hall–Kier alpha value is -2.17. The van der Waals surface area contributed by atoms with Crippen molar-refractivity contribution in [2.75, 3.05) is 6.54 Å². The highest BCUT2D eigenvalue weighted by Crippen LogP contribution is 2.34. The summed E-state index contributed by atoms with van der Waals surface area (Å²) in [5.74, 6) is 1.05. The molecule has 0 spiro atoms. The molecular weight excluding hydrogens is 326 g/mol. The van der Waals surface area contributed by atoms with Crippen molar-refractivity contribution in [2.24, 2.45) is 13.0 Å². The quantitative estimate of drug-likeness (QED) is 0.677. The van der Waals surface area contributed by atoms with Gasteiger partial charge in [-0.3, -0.25) is 14.2 Å². The molecule has 1 aromatic carbocycles. The van der Waals surface area contributed by atoms with Crippen molar-refractivity contribution < 1.29 is 4.79 Å². The van der Waals surface area contributed by atoms with Gasteiger partial charge in [0.1, 0.15) is 5.82 Å². The van der Waals surface area contributed by atoms with Crippen molar-refractivity contribution in [3.05, 3.63) is 40.4 Å². The summed E-state index contributed by atoms with van der Waals surface area (Å²) in [6.07, 6.45) is 6.46. The van der Waals surface area contributed by atoms with Crippen LogP contribution in [0.4, 0.5) is 0 Å². The topological polar surface area (TPSA) is 55.2 Å². The first-order valence-electron chi connectivity index (χ1n) is 9.80. The first-order chi connectivity index (χ1) is 12.5. The number of hydrogen-bond donors (Lipinski definition) is 0. The Morgan fingerprint density at radius 1 is 1.27 bits per heavy atom. The highest BCUT2D eigenvalue weighted by atomic mass is 16.2. The van der Waals surface area contributed by atoms with Gasteiger partial charge in [-0.15, -0.1) is 0 Å². The smallest absolute Gasteiger partial charge is 0.261 e. The zero-order valence-electron chi connectivity index (χ0n) is 16.1. The van der Waals surface area contributed by atoms with Gasteiger partial charge in [0, 0.05) is 19.5 Å². The third-order valence-corrected chi connectivity index (χ3v) is 5.32. The maximum absolute atomic E-state index is 12.9. The van der Waals surface area contributed by atoms with E-state index in [1.807, 2.05) is 30.0 Å². The largest absolute Gasteiger partial charge is 0.333 e.